The van der Waals surface area contributed by atoms with Gasteiger partial charge in [-0.2, -0.15) is 0 Å². The van der Waals surface area contributed by atoms with E-state index < -0.39 is 5.54 Å². The van der Waals surface area contributed by atoms with Crippen molar-refractivity contribution in [2.45, 2.75) is 44.6 Å². The summed E-state index contributed by atoms with van der Waals surface area (Å²) in [6.07, 6.45) is 8.11. The Hall–Kier alpha value is -0.960. The van der Waals surface area contributed by atoms with Gasteiger partial charge in [0.2, 0.25) is 0 Å². The second kappa shape index (κ2) is 4.50. The lowest BCUT2D eigenvalue weighted by Crippen LogP contribution is -2.42. The summed E-state index contributed by atoms with van der Waals surface area (Å²) in [4.78, 5) is 3.78. The summed E-state index contributed by atoms with van der Waals surface area (Å²) in [5.41, 5.74) is 6.54. The molecule has 0 aliphatic heterocycles. The van der Waals surface area contributed by atoms with Crippen molar-refractivity contribution in [1.29, 1.82) is 0 Å². The number of nitrogens with two attached hydrogens (primary N) is 1. The molecule has 2 rings (SSSR count). The molecule has 0 saturated heterocycles. The highest BCUT2D eigenvalue weighted by Gasteiger charge is 2.35. The number of halogens is 1. The van der Waals surface area contributed by atoms with Crippen LogP contribution in [0.5, 0.6) is 0 Å². The van der Waals surface area contributed by atoms with E-state index in [1.54, 1.807) is 12.3 Å². The molecule has 1 saturated carbocycles. The van der Waals surface area contributed by atoms with Crippen molar-refractivity contribution >= 4 is 0 Å². The predicted molar refractivity (Wildman–Crippen MR) is 62.3 cm³/mol. The lowest BCUT2D eigenvalue weighted by molar-refractivity contribution is 0.216. The van der Waals surface area contributed by atoms with Gasteiger partial charge in [-0.05, 0) is 24.8 Å². The predicted octanol–water partition coefficient (Wildman–Crippen LogP) is 2.97. The molecular formula is C13H19FN2. The summed E-state index contributed by atoms with van der Waals surface area (Å²) in [6, 6.07) is 1.73. The monoisotopic (exact) mass is 222 g/mol. The van der Waals surface area contributed by atoms with Crippen LogP contribution in [0.15, 0.2) is 18.5 Å². The third-order valence-electron chi connectivity index (χ3n) is 3.77. The van der Waals surface area contributed by atoms with Gasteiger partial charge in [0.05, 0.1) is 6.20 Å². The first-order valence-electron chi connectivity index (χ1n) is 6.04. The van der Waals surface area contributed by atoms with Gasteiger partial charge in [-0.1, -0.05) is 26.2 Å². The van der Waals surface area contributed by atoms with Crippen LogP contribution in [0.1, 0.15) is 44.6 Å². The van der Waals surface area contributed by atoms with Crippen LogP contribution in [-0.4, -0.2) is 4.98 Å². The lowest BCUT2D eigenvalue weighted by atomic mass is 9.72. The largest absolute Gasteiger partial charge is 0.321 e. The van der Waals surface area contributed by atoms with Crippen LogP contribution in [0.25, 0.3) is 0 Å². The first-order valence-corrected chi connectivity index (χ1v) is 6.04. The van der Waals surface area contributed by atoms with Crippen molar-refractivity contribution in [2.75, 3.05) is 0 Å². The van der Waals surface area contributed by atoms with Crippen LogP contribution in [0.4, 0.5) is 4.39 Å². The zero-order valence-corrected chi connectivity index (χ0v) is 9.75. The van der Waals surface area contributed by atoms with Crippen molar-refractivity contribution < 1.29 is 4.39 Å². The molecule has 0 bridgehead atoms. The van der Waals surface area contributed by atoms with E-state index in [2.05, 4.69) is 11.9 Å². The molecule has 2 atom stereocenters. The average molecular weight is 222 g/mol. The SMILES string of the molecule is CCC1CCCC(N)(c2ccncc2F)C1. The van der Waals surface area contributed by atoms with Crippen LogP contribution in [0.2, 0.25) is 0 Å². The van der Waals surface area contributed by atoms with Gasteiger partial charge in [0.15, 0.2) is 0 Å². The van der Waals surface area contributed by atoms with E-state index in [9.17, 15) is 4.39 Å². The topological polar surface area (TPSA) is 38.9 Å². The molecule has 0 radical (unpaired) electrons. The smallest absolute Gasteiger partial charge is 0.146 e. The molecule has 3 heteroatoms. The molecule has 0 aromatic carbocycles. The van der Waals surface area contributed by atoms with Crippen molar-refractivity contribution in [1.82, 2.24) is 4.98 Å². The van der Waals surface area contributed by atoms with Gasteiger partial charge in [-0.25, -0.2) is 4.39 Å². The van der Waals surface area contributed by atoms with Gasteiger partial charge < -0.3 is 5.73 Å². The molecular weight excluding hydrogens is 203 g/mol. The highest BCUT2D eigenvalue weighted by Crippen LogP contribution is 2.39. The molecule has 1 aliphatic carbocycles. The Balaban J connectivity index is 2.27. The van der Waals surface area contributed by atoms with Crippen LogP contribution < -0.4 is 5.73 Å². The van der Waals surface area contributed by atoms with Crippen molar-refractivity contribution in [3.8, 4) is 0 Å². The van der Waals surface area contributed by atoms with E-state index in [1.165, 1.54) is 12.6 Å². The molecule has 1 aromatic heterocycles. The highest BCUT2D eigenvalue weighted by atomic mass is 19.1. The fourth-order valence-electron chi connectivity index (χ4n) is 2.80. The van der Waals surface area contributed by atoms with Gasteiger partial charge in [-0.3, -0.25) is 4.98 Å². The van der Waals surface area contributed by atoms with Crippen molar-refractivity contribution in [2.24, 2.45) is 11.7 Å². The first-order chi connectivity index (χ1) is 7.65. The molecule has 16 heavy (non-hydrogen) atoms. The van der Waals surface area contributed by atoms with Gasteiger partial charge >= 0.3 is 0 Å². The van der Waals surface area contributed by atoms with E-state index >= 15 is 0 Å². The summed E-state index contributed by atoms with van der Waals surface area (Å²) in [7, 11) is 0. The maximum absolute atomic E-state index is 13.7. The Bertz CT molecular complexity index is 367. The average Bonchev–Trinajstić information content (AvgIpc) is 2.29. The standard InChI is InChI=1S/C13H19FN2/c1-2-10-4-3-6-13(15,8-10)11-5-7-16-9-12(11)14/h5,7,9-10H,2-4,6,8,15H2,1H3. The minimum absolute atomic E-state index is 0.262. The normalized spacial score (nSPS) is 30.3. The molecule has 88 valence electrons. The fraction of sp³-hybridized carbons (Fsp3) is 0.615. The van der Waals surface area contributed by atoms with E-state index in [1.807, 2.05) is 0 Å². The Labute approximate surface area is 96.1 Å². The third-order valence-corrected chi connectivity index (χ3v) is 3.77. The highest BCUT2D eigenvalue weighted by molar-refractivity contribution is 5.23. The van der Waals surface area contributed by atoms with Crippen LogP contribution >= 0.6 is 0 Å². The van der Waals surface area contributed by atoms with E-state index in [4.69, 9.17) is 5.73 Å². The Kier molecular flexibility index (Phi) is 3.24. The summed E-state index contributed by atoms with van der Waals surface area (Å²) in [5, 5.41) is 0. The molecule has 1 aromatic rings. The van der Waals surface area contributed by atoms with Gasteiger partial charge in [0.25, 0.3) is 0 Å². The lowest BCUT2D eigenvalue weighted by Gasteiger charge is -2.38. The molecule has 2 unspecified atom stereocenters. The summed E-state index contributed by atoms with van der Waals surface area (Å²) in [5.74, 6) is 0.369. The molecule has 2 nitrogen and oxygen atoms in total. The quantitative estimate of drug-likeness (QED) is 0.835. The third kappa shape index (κ3) is 2.09. The second-order valence-corrected chi connectivity index (χ2v) is 4.88. The molecule has 0 spiro atoms. The van der Waals surface area contributed by atoms with Gasteiger partial charge in [-0.15, -0.1) is 0 Å². The van der Waals surface area contributed by atoms with Crippen molar-refractivity contribution in [3.63, 3.8) is 0 Å². The summed E-state index contributed by atoms with van der Waals surface area (Å²) in [6.45, 7) is 2.18. The molecule has 1 aliphatic rings. The number of pyridine rings is 1. The fourth-order valence-corrected chi connectivity index (χ4v) is 2.80. The molecule has 1 heterocycles. The number of hydrogen-bond acceptors (Lipinski definition) is 2. The minimum Gasteiger partial charge on any atom is -0.321 e. The summed E-state index contributed by atoms with van der Waals surface area (Å²) >= 11 is 0. The summed E-state index contributed by atoms with van der Waals surface area (Å²) < 4.78 is 13.7. The van der Waals surface area contributed by atoms with E-state index in [0.717, 1.165) is 25.7 Å². The zero-order chi connectivity index (χ0) is 11.6. The van der Waals surface area contributed by atoms with Gasteiger partial charge in [0.1, 0.15) is 5.82 Å². The van der Waals surface area contributed by atoms with E-state index in [-0.39, 0.29) is 5.82 Å². The van der Waals surface area contributed by atoms with Crippen molar-refractivity contribution in [3.05, 3.63) is 29.8 Å². The number of aromatic nitrogens is 1. The number of hydrogen-bond donors (Lipinski definition) is 1. The van der Waals surface area contributed by atoms with Gasteiger partial charge in [0, 0.05) is 17.3 Å². The van der Waals surface area contributed by atoms with Crippen LogP contribution in [0, 0.1) is 11.7 Å². The maximum Gasteiger partial charge on any atom is 0.146 e. The Morgan fingerprint density at radius 1 is 1.62 bits per heavy atom. The van der Waals surface area contributed by atoms with E-state index in [0.29, 0.717) is 11.5 Å². The Morgan fingerprint density at radius 3 is 3.12 bits per heavy atom. The molecule has 2 N–H and O–H groups in total. The second-order valence-electron chi connectivity index (χ2n) is 4.88. The first kappa shape index (κ1) is 11.5. The van der Waals surface area contributed by atoms with Crippen LogP contribution in [0.3, 0.4) is 0 Å². The number of rotatable bonds is 2. The zero-order valence-electron chi connectivity index (χ0n) is 9.75. The molecule has 1 fully saturated rings. The number of nitrogens with zero attached hydrogens (tertiary/aromatic N) is 1. The maximum atomic E-state index is 13.7. The molecule has 0 amide bonds. The van der Waals surface area contributed by atoms with Crippen LogP contribution in [-0.2, 0) is 5.54 Å². The minimum atomic E-state index is -0.480. The Morgan fingerprint density at radius 2 is 2.44 bits per heavy atom.